The Morgan fingerprint density at radius 2 is 1.88 bits per heavy atom. The van der Waals surface area contributed by atoms with E-state index in [1.807, 2.05) is 13.1 Å². The topological polar surface area (TPSA) is 0 Å². The smallest absolute Gasteiger partial charge is 0.0304 e. The highest BCUT2D eigenvalue weighted by Gasteiger charge is 2.12. The Kier molecular flexibility index (Phi) is 1.30. The summed E-state index contributed by atoms with van der Waals surface area (Å²) < 4.78 is 37.7. The summed E-state index contributed by atoms with van der Waals surface area (Å²) in [6.45, 7) is 4.78. The molecule has 2 atom stereocenters. The van der Waals surface area contributed by atoms with Gasteiger partial charge in [-0.05, 0) is 0 Å². The van der Waals surface area contributed by atoms with E-state index in [4.69, 9.17) is 6.58 Å². The van der Waals surface area contributed by atoms with Crippen LogP contribution in [-0.4, -0.2) is 19.9 Å². The molecule has 8 heavy (non-hydrogen) atoms. The fourth-order valence-corrected chi connectivity index (χ4v) is 3.90. The summed E-state index contributed by atoms with van der Waals surface area (Å²) in [7, 11) is -5.26. The van der Waals surface area contributed by atoms with Crippen molar-refractivity contribution < 1.29 is 4.11 Å². The number of rotatable bonds is 2. The molecule has 0 saturated carbocycles. The molecule has 0 aliphatic carbocycles. The van der Waals surface area contributed by atoms with Crippen LogP contribution in [0.2, 0.25) is 31.3 Å². The molecule has 0 aliphatic heterocycles. The van der Waals surface area contributed by atoms with Gasteiger partial charge in [0.05, 0.1) is 0 Å². The van der Waals surface area contributed by atoms with Gasteiger partial charge >= 0.3 is 0 Å². The van der Waals surface area contributed by atoms with E-state index in [-0.39, 0.29) is 5.16 Å². The molecule has 0 aliphatic rings. The van der Waals surface area contributed by atoms with Gasteiger partial charge in [-0.1, -0.05) is 38.2 Å². The molecule has 0 aromatic rings. The summed E-state index contributed by atoms with van der Waals surface area (Å²) in [5.41, 5.74) is 0. The van der Waals surface area contributed by atoms with Gasteiger partial charge in [-0.15, -0.1) is 0 Å². The molecule has 0 bridgehead atoms. The number of hydrogen-bond acceptors (Lipinski definition) is 0. The SMILES string of the molecule is [2H]C([2H])([2H])[Si]([2H])(C)[C@H](C)[Si]([2H])(C)C. The summed E-state index contributed by atoms with van der Waals surface area (Å²) in [5.74, 6) is 0. The molecule has 0 rings (SSSR count). The van der Waals surface area contributed by atoms with Crippen molar-refractivity contribution in [3.8, 4) is 0 Å². The Bertz CT molecular complexity index is 180. The highest BCUT2D eigenvalue weighted by atomic mass is 28.3. The Morgan fingerprint density at radius 3 is 2.00 bits per heavy atom. The third kappa shape index (κ3) is 2.67. The van der Waals surface area contributed by atoms with Crippen LogP contribution >= 0.6 is 0 Å². The lowest BCUT2D eigenvalue weighted by Gasteiger charge is -2.16. The van der Waals surface area contributed by atoms with Crippen molar-refractivity contribution in [3.63, 3.8) is 0 Å². The highest BCUT2D eigenvalue weighted by molar-refractivity contribution is 6.77. The predicted molar refractivity (Wildman–Crippen MR) is 47.2 cm³/mol. The van der Waals surface area contributed by atoms with Crippen LogP contribution in [0.4, 0.5) is 0 Å². The lowest BCUT2D eigenvalue weighted by atomic mass is 10.9. The van der Waals surface area contributed by atoms with Crippen molar-refractivity contribution in [3.05, 3.63) is 0 Å². The molecule has 0 nitrogen and oxygen atoms in total. The van der Waals surface area contributed by atoms with E-state index in [9.17, 15) is 0 Å². The minimum atomic E-state index is -3.02. The monoisotopic (exact) mass is 151 g/mol. The van der Waals surface area contributed by atoms with Crippen LogP contribution in [0.3, 0.4) is 0 Å². The van der Waals surface area contributed by atoms with E-state index in [0.717, 1.165) is 0 Å². The maximum atomic E-state index is 7.93. The summed E-state index contributed by atoms with van der Waals surface area (Å²) in [4.78, 5) is 0. The van der Waals surface area contributed by atoms with E-state index in [2.05, 4.69) is 0 Å². The van der Waals surface area contributed by atoms with Crippen LogP contribution < -0.4 is 0 Å². The van der Waals surface area contributed by atoms with Crippen LogP contribution in [0.5, 0.6) is 0 Å². The zero-order valence-corrected chi connectivity index (χ0v) is 8.08. The van der Waals surface area contributed by atoms with Gasteiger partial charge in [0.2, 0.25) is 0 Å². The van der Waals surface area contributed by atoms with E-state index in [1.165, 1.54) is 0 Å². The first-order valence-corrected chi connectivity index (χ1v) is 7.56. The molecule has 2 heteroatoms. The van der Waals surface area contributed by atoms with E-state index < -0.39 is 23.9 Å². The van der Waals surface area contributed by atoms with Crippen molar-refractivity contribution in [2.45, 2.75) is 38.2 Å². The molecule has 0 aromatic heterocycles. The van der Waals surface area contributed by atoms with E-state index >= 15 is 0 Å². The predicted octanol–water partition coefficient (Wildman–Crippen LogP) is 1.89. The average Bonchev–Trinajstić information content (AvgIpc) is 1.81. The lowest BCUT2D eigenvalue weighted by Crippen LogP contribution is -2.21. The molecule has 1 unspecified atom stereocenters. The Balaban J connectivity index is 4.86. The van der Waals surface area contributed by atoms with Crippen LogP contribution in [0, 0.1) is 0 Å². The van der Waals surface area contributed by atoms with Crippen LogP contribution in [0.15, 0.2) is 0 Å². The first-order valence-electron chi connectivity index (χ1n) is 5.40. The lowest BCUT2D eigenvalue weighted by molar-refractivity contribution is 1.25. The maximum Gasteiger partial charge on any atom is 0.0304 e. The summed E-state index contributed by atoms with van der Waals surface area (Å²) in [6.07, 6.45) is 0. The van der Waals surface area contributed by atoms with Crippen molar-refractivity contribution in [2.24, 2.45) is 0 Å². The molecule has 0 spiro atoms. The minimum Gasteiger partial charge on any atom is -0.0722 e. The quantitative estimate of drug-likeness (QED) is 0.529. The molecule has 0 heterocycles. The summed E-state index contributed by atoms with van der Waals surface area (Å²) >= 11 is 0. The second-order valence-electron chi connectivity index (χ2n) is 2.48. The van der Waals surface area contributed by atoms with Gasteiger partial charge in [0, 0.05) is 24.0 Å². The second kappa shape index (κ2) is 3.46. The second-order valence-corrected chi connectivity index (χ2v) is 8.31. The van der Waals surface area contributed by atoms with Crippen LogP contribution in [-0.2, 0) is 0 Å². The third-order valence-electron chi connectivity index (χ3n) is 1.52. The molecule has 0 saturated heterocycles. The summed E-state index contributed by atoms with van der Waals surface area (Å²) in [6, 6.07) is 0. The van der Waals surface area contributed by atoms with Crippen LogP contribution in [0.25, 0.3) is 0 Å². The molecule has 0 N–H and O–H groups in total. The fraction of sp³-hybridized carbons (Fsp3) is 1.00. The fourth-order valence-electron chi connectivity index (χ4n) is 0.433. The summed E-state index contributed by atoms with van der Waals surface area (Å²) in [5, 5.41) is -0.229. The number of hydrogen-bond donors (Lipinski definition) is 0. The largest absolute Gasteiger partial charge is 0.0722 e. The van der Waals surface area contributed by atoms with Crippen LogP contribution in [0.1, 0.15) is 11.0 Å². The molecule has 0 amide bonds. The van der Waals surface area contributed by atoms with Crippen molar-refractivity contribution in [1.29, 1.82) is 2.47 Å². The van der Waals surface area contributed by atoms with Gasteiger partial charge in [-0.3, -0.25) is 0 Å². The first-order chi connectivity index (χ1) is 5.40. The minimum absolute atomic E-state index is 0.229. The normalized spacial score (nSPS) is 34.8. The van der Waals surface area contributed by atoms with Crippen molar-refractivity contribution in [2.75, 3.05) is 0 Å². The van der Waals surface area contributed by atoms with Gasteiger partial charge in [0.1, 0.15) is 0 Å². The van der Waals surface area contributed by atoms with Gasteiger partial charge in [0.15, 0.2) is 0 Å². The Hall–Kier alpha value is 0.434. The van der Waals surface area contributed by atoms with Gasteiger partial charge in [0.25, 0.3) is 0 Å². The highest BCUT2D eigenvalue weighted by Crippen LogP contribution is 2.12. The van der Waals surface area contributed by atoms with Gasteiger partial charge in [-0.25, -0.2) is 0 Å². The molecule has 50 valence electrons. The van der Waals surface area contributed by atoms with Crippen molar-refractivity contribution in [1.82, 2.24) is 0 Å². The maximum absolute atomic E-state index is 7.93. The Morgan fingerprint density at radius 1 is 1.38 bits per heavy atom. The third-order valence-corrected chi connectivity index (χ3v) is 7.58. The van der Waals surface area contributed by atoms with Gasteiger partial charge < -0.3 is 0 Å². The molecule has 0 fully saturated rings. The standard InChI is InChI=1S/C6H18Si2/c1-6(7(2)3)8(4)5/h6-8H,1-5H3/i2D3,7D,8D/t6-,7?/m0/s1. The van der Waals surface area contributed by atoms with E-state index in [1.54, 1.807) is 13.5 Å². The molecule has 0 aromatic carbocycles. The molecular formula is C6H18Si2. The average molecular weight is 151 g/mol. The zero-order chi connectivity index (χ0) is 11.1. The first kappa shape index (κ1) is 3.01. The van der Waals surface area contributed by atoms with E-state index in [0.29, 0.717) is 0 Å². The van der Waals surface area contributed by atoms with Gasteiger partial charge in [-0.2, -0.15) is 0 Å². The molecule has 0 radical (unpaired) electrons. The molecular weight excluding hydrogens is 128 g/mol. The Labute approximate surface area is 63.2 Å². The van der Waals surface area contributed by atoms with Crippen molar-refractivity contribution >= 4 is 17.5 Å². The zero-order valence-electron chi connectivity index (χ0n) is 11.1.